The van der Waals surface area contributed by atoms with Crippen molar-refractivity contribution in [2.45, 2.75) is 52.7 Å². The summed E-state index contributed by atoms with van der Waals surface area (Å²) >= 11 is 0. The maximum Gasteiger partial charge on any atom is 0.272 e. The molecule has 0 spiro atoms. The normalized spacial score (nSPS) is 18.1. The topological polar surface area (TPSA) is 96.3 Å². The molecule has 166 valence electrons. The average Bonchev–Trinajstić information content (AvgIpc) is 3.15. The molecule has 1 aliphatic heterocycles. The second kappa shape index (κ2) is 8.91. The first-order chi connectivity index (χ1) is 14.6. The fraction of sp³-hybridized carbons (Fsp3) is 0.478. The second-order valence-corrected chi connectivity index (χ2v) is 8.82. The Labute approximate surface area is 183 Å². The molecule has 0 saturated heterocycles. The van der Waals surface area contributed by atoms with Gasteiger partial charge in [0.2, 0.25) is 5.91 Å². The highest BCUT2D eigenvalue weighted by atomic mass is 16.2. The van der Waals surface area contributed by atoms with E-state index in [2.05, 4.69) is 29.6 Å². The summed E-state index contributed by atoms with van der Waals surface area (Å²) in [6.45, 7) is 8.97. The lowest BCUT2D eigenvalue weighted by molar-refractivity contribution is -0.132. The lowest BCUT2D eigenvalue weighted by Gasteiger charge is -2.40. The van der Waals surface area contributed by atoms with Crippen LogP contribution < -0.4 is 10.6 Å². The van der Waals surface area contributed by atoms with Gasteiger partial charge in [-0.2, -0.15) is 5.10 Å². The quantitative estimate of drug-likeness (QED) is 0.710. The van der Waals surface area contributed by atoms with Gasteiger partial charge in [0.1, 0.15) is 11.2 Å². The van der Waals surface area contributed by atoms with E-state index in [1.54, 1.807) is 14.0 Å². The Balaban J connectivity index is 1.72. The van der Waals surface area contributed by atoms with Crippen LogP contribution >= 0.6 is 0 Å². The van der Waals surface area contributed by atoms with E-state index in [-0.39, 0.29) is 30.0 Å². The molecule has 2 N–H and O–H groups in total. The van der Waals surface area contributed by atoms with Crippen LogP contribution in [0.15, 0.2) is 30.3 Å². The van der Waals surface area contributed by atoms with Crippen LogP contribution in [0, 0.1) is 12.8 Å². The van der Waals surface area contributed by atoms with Crippen LogP contribution in [0.4, 0.5) is 0 Å². The van der Waals surface area contributed by atoms with Gasteiger partial charge in [0.25, 0.3) is 11.8 Å². The van der Waals surface area contributed by atoms with E-state index in [4.69, 9.17) is 0 Å². The zero-order valence-corrected chi connectivity index (χ0v) is 18.9. The van der Waals surface area contributed by atoms with Crippen molar-refractivity contribution in [2.24, 2.45) is 5.92 Å². The van der Waals surface area contributed by atoms with Crippen molar-refractivity contribution in [3.05, 3.63) is 52.8 Å². The molecule has 2 heterocycles. The molecular weight excluding hydrogens is 394 g/mol. The van der Waals surface area contributed by atoms with E-state index in [0.29, 0.717) is 24.7 Å². The molecule has 1 atom stereocenters. The number of hydrogen-bond acceptors (Lipinski definition) is 4. The van der Waals surface area contributed by atoms with Crippen molar-refractivity contribution in [1.29, 1.82) is 0 Å². The molecule has 0 unspecified atom stereocenters. The predicted molar refractivity (Wildman–Crippen MR) is 118 cm³/mol. The molecule has 1 aromatic carbocycles. The lowest BCUT2D eigenvalue weighted by atomic mass is 9.95. The zero-order valence-electron chi connectivity index (χ0n) is 18.9. The van der Waals surface area contributed by atoms with Crippen molar-refractivity contribution in [3.8, 4) is 0 Å². The molecule has 1 aromatic heterocycles. The largest absolute Gasteiger partial charge is 0.351 e. The molecular formula is C23H31N5O3. The van der Waals surface area contributed by atoms with Crippen LogP contribution in [0.25, 0.3) is 0 Å². The number of amides is 3. The summed E-state index contributed by atoms with van der Waals surface area (Å²) in [6.07, 6.45) is 0.861. The molecule has 0 fully saturated rings. The standard InChI is InChI=1S/C23H31N5O3/c1-15(2)10-11-24-20(29)18-12-19-21(30)27(5)23(4,14-28(19)26-18)22(31)25-13-17-8-6-16(3)7-9-17/h6-9,12,15H,10-11,13-14H2,1-5H3,(H,24,29)(H,25,31)/t23-/m1/s1. The number of hydrogen-bond donors (Lipinski definition) is 2. The van der Waals surface area contributed by atoms with Gasteiger partial charge < -0.3 is 15.5 Å². The number of rotatable bonds is 7. The van der Waals surface area contributed by atoms with E-state index in [1.165, 1.54) is 15.6 Å². The Morgan fingerprint density at radius 1 is 1.19 bits per heavy atom. The minimum atomic E-state index is -1.12. The van der Waals surface area contributed by atoms with Gasteiger partial charge in [0.05, 0.1) is 6.54 Å². The Hall–Kier alpha value is -3.16. The van der Waals surface area contributed by atoms with Gasteiger partial charge in [-0.25, -0.2) is 0 Å². The molecule has 3 amide bonds. The van der Waals surface area contributed by atoms with Gasteiger partial charge in [0, 0.05) is 26.2 Å². The molecule has 0 radical (unpaired) electrons. The highest BCUT2D eigenvalue weighted by molar-refractivity contribution is 6.01. The van der Waals surface area contributed by atoms with E-state index >= 15 is 0 Å². The maximum atomic E-state index is 13.0. The number of aromatic nitrogens is 2. The summed E-state index contributed by atoms with van der Waals surface area (Å²) in [4.78, 5) is 39.8. The molecule has 8 heteroatoms. The van der Waals surface area contributed by atoms with Crippen molar-refractivity contribution in [1.82, 2.24) is 25.3 Å². The summed E-state index contributed by atoms with van der Waals surface area (Å²) in [5.41, 5.74) is 1.50. The van der Waals surface area contributed by atoms with Gasteiger partial charge in [-0.15, -0.1) is 0 Å². The fourth-order valence-corrected chi connectivity index (χ4v) is 3.48. The van der Waals surface area contributed by atoms with Crippen LogP contribution in [0.3, 0.4) is 0 Å². The first-order valence-electron chi connectivity index (χ1n) is 10.6. The maximum absolute atomic E-state index is 13.0. The molecule has 1 aliphatic rings. The van der Waals surface area contributed by atoms with E-state index in [0.717, 1.165) is 17.5 Å². The number of aryl methyl sites for hydroxylation is 1. The van der Waals surface area contributed by atoms with Crippen LogP contribution in [0.1, 0.15) is 59.3 Å². The highest BCUT2D eigenvalue weighted by Gasteiger charge is 2.46. The van der Waals surface area contributed by atoms with Crippen LogP contribution in [0.5, 0.6) is 0 Å². The van der Waals surface area contributed by atoms with Crippen LogP contribution in [-0.4, -0.2) is 51.5 Å². The number of nitrogens with one attached hydrogen (secondary N) is 2. The number of carbonyl (C=O) groups is 3. The summed E-state index contributed by atoms with van der Waals surface area (Å²) in [5, 5.41) is 10.1. The van der Waals surface area contributed by atoms with E-state index < -0.39 is 5.54 Å². The van der Waals surface area contributed by atoms with Crippen LogP contribution in [-0.2, 0) is 17.9 Å². The van der Waals surface area contributed by atoms with Crippen molar-refractivity contribution >= 4 is 17.7 Å². The molecule has 31 heavy (non-hydrogen) atoms. The zero-order chi connectivity index (χ0) is 22.8. The Morgan fingerprint density at radius 2 is 1.87 bits per heavy atom. The first-order valence-corrected chi connectivity index (χ1v) is 10.6. The molecule has 0 aliphatic carbocycles. The van der Waals surface area contributed by atoms with Crippen molar-refractivity contribution in [3.63, 3.8) is 0 Å². The minimum absolute atomic E-state index is 0.170. The summed E-state index contributed by atoms with van der Waals surface area (Å²) in [5.74, 6) is -0.450. The number of benzene rings is 1. The monoisotopic (exact) mass is 425 g/mol. The lowest BCUT2D eigenvalue weighted by Crippen LogP contribution is -2.62. The summed E-state index contributed by atoms with van der Waals surface area (Å²) in [7, 11) is 1.60. The van der Waals surface area contributed by atoms with E-state index in [9.17, 15) is 14.4 Å². The van der Waals surface area contributed by atoms with Gasteiger partial charge in [-0.3, -0.25) is 19.1 Å². The third-order valence-corrected chi connectivity index (χ3v) is 5.80. The second-order valence-electron chi connectivity index (χ2n) is 8.82. The smallest absolute Gasteiger partial charge is 0.272 e. The third kappa shape index (κ3) is 4.78. The minimum Gasteiger partial charge on any atom is -0.351 e. The van der Waals surface area contributed by atoms with Gasteiger partial charge in [-0.05, 0) is 31.7 Å². The molecule has 0 saturated carbocycles. The molecule has 8 nitrogen and oxygen atoms in total. The molecule has 2 aromatic rings. The predicted octanol–water partition coefficient (Wildman–Crippen LogP) is 2.13. The van der Waals surface area contributed by atoms with Gasteiger partial charge in [0.15, 0.2) is 5.69 Å². The van der Waals surface area contributed by atoms with E-state index in [1.807, 2.05) is 31.2 Å². The number of fused-ring (bicyclic) bond motifs is 1. The van der Waals surface area contributed by atoms with Crippen molar-refractivity contribution in [2.75, 3.05) is 13.6 Å². The number of likely N-dealkylation sites (N-methyl/N-ethyl adjacent to an activating group) is 1. The number of carbonyl (C=O) groups excluding carboxylic acids is 3. The Morgan fingerprint density at radius 3 is 2.52 bits per heavy atom. The van der Waals surface area contributed by atoms with Crippen molar-refractivity contribution < 1.29 is 14.4 Å². The molecule has 0 bridgehead atoms. The summed E-state index contributed by atoms with van der Waals surface area (Å²) in [6, 6.07) is 9.40. The van der Waals surface area contributed by atoms with Gasteiger partial charge >= 0.3 is 0 Å². The fourth-order valence-electron chi connectivity index (χ4n) is 3.48. The number of nitrogens with zero attached hydrogens (tertiary/aromatic N) is 3. The van der Waals surface area contributed by atoms with Crippen LogP contribution in [0.2, 0.25) is 0 Å². The first kappa shape index (κ1) is 22.5. The van der Waals surface area contributed by atoms with Gasteiger partial charge in [-0.1, -0.05) is 43.7 Å². The molecule has 3 rings (SSSR count). The third-order valence-electron chi connectivity index (χ3n) is 5.80. The summed E-state index contributed by atoms with van der Waals surface area (Å²) < 4.78 is 1.46. The Kier molecular flexibility index (Phi) is 6.48. The Bertz CT molecular complexity index is 980. The SMILES string of the molecule is Cc1ccc(CNC(=O)[C@@]2(C)Cn3nc(C(=O)NCCC(C)C)cc3C(=O)N2C)cc1. The average molecular weight is 426 g/mol. The highest BCUT2D eigenvalue weighted by Crippen LogP contribution is 2.26.